The minimum Gasteiger partial charge on any atom is -0.373 e. The molecule has 0 radical (unpaired) electrons. The molecule has 0 fully saturated rings. The van der Waals surface area contributed by atoms with E-state index in [-0.39, 0.29) is 5.78 Å². The number of carbonyl (C=O) groups excluding carboxylic acids is 1. The SMILES string of the molecule is CCC(O)n1cc(C(=O)c2ccccc2)c2cc(Cl)ccc21. The van der Waals surface area contributed by atoms with Gasteiger partial charge < -0.3 is 9.67 Å². The molecule has 0 aliphatic heterocycles. The van der Waals surface area contributed by atoms with Crippen LogP contribution in [0.5, 0.6) is 0 Å². The lowest BCUT2D eigenvalue weighted by atomic mass is 10.0. The molecule has 3 nitrogen and oxygen atoms in total. The highest BCUT2D eigenvalue weighted by Gasteiger charge is 2.19. The van der Waals surface area contributed by atoms with Crippen molar-refractivity contribution < 1.29 is 9.90 Å². The number of halogens is 1. The quantitative estimate of drug-likeness (QED) is 0.724. The standard InChI is InChI=1S/C18H16ClNO2/c1-2-17(21)20-11-15(14-10-13(19)8-9-16(14)20)18(22)12-6-4-3-5-7-12/h3-11,17,21H,2H2,1H3. The highest BCUT2D eigenvalue weighted by atomic mass is 35.5. The number of hydrogen-bond acceptors (Lipinski definition) is 2. The smallest absolute Gasteiger partial charge is 0.195 e. The molecule has 0 aliphatic rings. The van der Waals surface area contributed by atoms with E-state index in [4.69, 9.17) is 11.6 Å². The first-order chi connectivity index (χ1) is 10.6. The van der Waals surface area contributed by atoms with Crippen molar-refractivity contribution in [3.63, 3.8) is 0 Å². The summed E-state index contributed by atoms with van der Waals surface area (Å²) >= 11 is 6.08. The molecule has 2 aromatic carbocycles. The number of benzene rings is 2. The molecule has 22 heavy (non-hydrogen) atoms. The molecule has 0 amide bonds. The van der Waals surface area contributed by atoms with Crippen LogP contribution in [0.2, 0.25) is 5.02 Å². The van der Waals surface area contributed by atoms with Crippen molar-refractivity contribution in [1.29, 1.82) is 0 Å². The van der Waals surface area contributed by atoms with Crippen molar-refractivity contribution >= 4 is 28.3 Å². The number of fused-ring (bicyclic) bond motifs is 1. The maximum atomic E-state index is 12.8. The van der Waals surface area contributed by atoms with Gasteiger partial charge in [0.2, 0.25) is 0 Å². The monoisotopic (exact) mass is 313 g/mol. The Labute approximate surface area is 133 Å². The number of hydrogen-bond donors (Lipinski definition) is 1. The third-order valence-corrected chi connectivity index (χ3v) is 4.00. The number of nitrogens with zero attached hydrogens (tertiary/aromatic N) is 1. The lowest BCUT2D eigenvalue weighted by Crippen LogP contribution is -2.05. The molecule has 0 bridgehead atoms. The first-order valence-electron chi connectivity index (χ1n) is 7.19. The van der Waals surface area contributed by atoms with Crippen molar-refractivity contribution in [3.8, 4) is 0 Å². The van der Waals surface area contributed by atoms with Crippen molar-refractivity contribution in [2.75, 3.05) is 0 Å². The largest absolute Gasteiger partial charge is 0.373 e. The Balaban J connectivity index is 2.21. The summed E-state index contributed by atoms with van der Waals surface area (Å²) < 4.78 is 1.72. The lowest BCUT2D eigenvalue weighted by molar-refractivity contribution is 0.102. The van der Waals surface area contributed by atoms with Crippen molar-refractivity contribution in [2.24, 2.45) is 0 Å². The average Bonchev–Trinajstić information content (AvgIpc) is 2.93. The van der Waals surface area contributed by atoms with Crippen LogP contribution in [-0.2, 0) is 0 Å². The van der Waals surface area contributed by atoms with Crippen LogP contribution in [0.15, 0.2) is 54.7 Å². The van der Waals surface area contributed by atoms with Gasteiger partial charge in [0.15, 0.2) is 5.78 Å². The summed E-state index contributed by atoms with van der Waals surface area (Å²) in [4.78, 5) is 12.8. The molecule has 0 aliphatic carbocycles. The van der Waals surface area contributed by atoms with E-state index in [9.17, 15) is 9.90 Å². The summed E-state index contributed by atoms with van der Waals surface area (Å²) in [6, 6.07) is 14.5. The molecule has 1 N–H and O–H groups in total. The van der Waals surface area contributed by atoms with E-state index in [1.54, 1.807) is 35.0 Å². The van der Waals surface area contributed by atoms with E-state index in [0.717, 1.165) is 10.9 Å². The molecule has 1 aromatic heterocycles. The molecule has 112 valence electrons. The molecule has 1 unspecified atom stereocenters. The maximum absolute atomic E-state index is 12.8. The van der Waals surface area contributed by atoms with Gasteiger partial charge in [0.05, 0.1) is 5.52 Å². The number of aliphatic hydroxyl groups excluding tert-OH is 1. The number of aliphatic hydroxyl groups is 1. The molecular weight excluding hydrogens is 298 g/mol. The Hall–Kier alpha value is -2.10. The lowest BCUT2D eigenvalue weighted by Gasteiger charge is -2.11. The average molecular weight is 314 g/mol. The Morgan fingerprint density at radius 1 is 1.23 bits per heavy atom. The van der Waals surface area contributed by atoms with Crippen LogP contribution in [0.3, 0.4) is 0 Å². The van der Waals surface area contributed by atoms with Crippen LogP contribution in [0.4, 0.5) is 0 Å². The Morgan fingerprint density at radius 3 is 2.64 bits per heavy atom. The zero-order valence-corrected chi connectivity index (χ0v) is 12.9. The van der Waals surface area contributed by atoms with Gasteiger partial charge in [-0.05, 0) is 24.6 Å². The van der Waals surface area contributed by atoms with Crippen molar-refractivity contribution in [2.45, 2.75) is 19.6 Å². The van der Waals surface area contributed by atoms with Gasteiger partial charge in [-0.2, -0.15) is 0 Å². The Morgan fingerprint density at radius 2 is 1.95 bits per heavy atom. The minimum atomic E-state index is -0.666. The third-order valence-electron chi connectivity index (χ3n) is 3.76. The summed E-state index contributed by atoms with van der Waals surface area (Å²) in [5.41, 5.74) is 1.97. The van der Waals surface area contributed by atoms with E-state index in [0.29, 0.717) is 22.6 Å². The van der Waals surface area contributed by atoms with Crippen LogP contribution in [0.1, 0.15) is 35.5 Å². The Bertz CT molecular complexity index is 824. The van der Waals surface area contributed by atoms with Crippen LogP contribution >= 0.6 is 11.6 Å². The van der Waals surface area contributed by atoms with Gasteiger partial charge in [0, 0.05) is 27.7 Å². The van der Waals surface area contributed by atoms with Gasteiger partial charge in [0.1, 0.15) is 6.23 Å². The fraction of sp³-hybridized carbons (Fsp3) is 0.167. The van der Waals surface area contributed by atoms with Gasteiger partial charge in [-0.1, -0.05) is 48.9 Å². The second-order valence-electron chi connectivity index (χ2n) is 5.20. The number of rotatable bonds is 4. The minimum absolute atomic E-state index is 0.0741. The van der Waals surface area contributed by atoms with Crippen LogP contribution in [0, 0.1) is 0 Å². The van der Waals surface area contributed by atoms with Gasteiger partial charge in [-0.3, -0.25) is 4.79 Å². The highest BCUT2D eigenvalue weighted by Crippen LogP contribution is 2.29. The van der Waals surface area contributed by atoms with Gasteiger partial charge >= 0.3 is 0 Å². The first kappa shape index (κ1) is 14.8. The second-order valence-corrected chi connectivity index (χ2v) is 5.63. The first-order valence-corrected chi connectivity index (χ1v) is 7.57. The van der Waals surface area contributed by atoms with Crippen molar-refractivity contribution in [3.05, 3.63) is 70.9 Å². The number of aromatic nitrogens is 1. The zero-order valence-electron chi connectivity index (χ0n) is 12.2. The highest BCUT2D eigenvalue weighted by molar-refractivity contribution is 6.31. The molecule has 3 rings (SSSR count). The molecule has 3 aromatic rings. The topological polar surface area (TPSA) is 42.2 Å². The molecule has 1 atom stereocenters. The van der Waals surface area contributed by atoms with E-state index in [1.165, 1.54) is 0 Å². The van der Waals surface area contributed by atoms with Crippen LogP contribution < -0.4 is 0 Å². The van der Waals surface area contributed by atoms with Gasteiger partial charge in [-0.25, -0.2) is 0 Å². The second kappa shape index (κ2) is 5.95. The van der Waals surface area contributed by atoms with E-state index >= 15 is 0 Å². The molecule has 0 saturated carbocycles. The molecule has 0 spiro atoms. The third kappa shape index (κ3) is 2.54. The summed E-state index contributed by atoms with van der Waals surface area (Å²) in [5.74, 6) is -0.0741. The van der Waals surface area contributed by atoms with Crippen LogP contribution in [-0.4, -0.2) is 15.5 Å². The van der Waals surface area contributed by atoms with Crippen molar-refractivity contribution in [1.82, 2.24) is 4.57 Å². The zero-order chi connectivity index (χ0) is 15.7. The molecule has 4 heteroatoms. The Kier molecular flexibility index (Phi) is 4.01. The maximum Gasteiger partial charge on any atom is 0.195 e. The number of ketones is 1. The normalized spacial score (nSPS) is 12.5. The fourth-order valence-corrected chi connectivity index (χ4v) is 2.77. The summed E-state index contributed by atoms with van der Waals surface area (Å²) in [7, 11) is 0. The predicted molar refractivity (Wildman–Crippen MR) is 88.4 cm³/mol. The summed E-state index contributed by atoms with van der Waals surface area (Å²) in [5, 5.41) is 11.5. The predicted octanol–water partition coefficient (Wildman–Crippen LogP) is 4.43. The van der Waals surface area contributed by atoms with E-state index in [1.807, 2.05) is 31.2 Å². The van der Waals surface area contributed by atoms with Gasteiger partial charge in [-0.15, -0.1) is 0 Å². The fourth-order valence-electron chi connectivity index (χ4n) is 2.60. The molecule has 1 heterocycles. The summed E-state index contributed by atoms with van der Waals surface area (Å²) in [6.07, 6.45) is 1.61. The van der Waals surface area contributed by atoms with Crippen LogP contribution in [0.25, 0.3) is 10.9 Å². The van der Waals surface area contributed by atoms with E-state index in [2.05, 4.69) is 0 Å². The summed E-state index contributed by atoms with van der Waals surface area (Å²) in [6.45, 7) is 1.89. The number of carbonyl (C=O) groups is 1. The van der Waals surface area contributed by atoms with E-state index < -0.39 is 6.23 Å². The molecular formula is C18H16ClNO2. The van der Waals surface area contributed by atoms with Gasteiger partial charge in [0.25, 0.3) is 0 Å². The molecule has 0 saturated heterocycles.